The smallest absolute Gasteiger partial charge is 0.234 e. The van der Waals surface area contributed by atoms with Crippen LogP contribution in [0.1, 0.15) is 11.1 Å². The molecule has 1 N–H and O–H groups in total. The van der Waals surface area contributed by atoms with Crippen molar-refractivity contribution in [3.63, 3.8) is 0 Å². The molecule has 5 heteroatoms. The lowest BCUT2D eigenvalue weighted by atomic mass is 10.2. The number of benzene rings is 2. The first-order valence-corrected chi connectivity index (χ1v) is 8.78. The third-order valence-corrected chi connectivity index (χ3v) is 4.47. The Hall–Kier alpha value is -2.53. The molecule has 3 aromatic rings. The van der Waals surface area contributed by atoms with Gasteiger partial charge in [0.2, 0.25) is 5.91 Å². The van der Waals surface area contributed by atoms with E-state index in [4.69, 9.17) is 4.42 Å². The van der Waals surface area contributed by atoms with Crippen molar-refractivity contribution in [3.8, 4) is 11.3 Å². The van der Waals surface area contributed by atoms with Gasteiger partial charge >= 0.3 is 0 Å². The fraction of sp³-hybridized carbons (Fsp3) is 0.158. The van der Waals surface area contributed by atoms with Crippen LogP contribution >= 0.6 is 11.8 Å². The molecule has 1 amide bonds. The number of hydrogen-bond acceptors (Lipinski definition) is 4. The molecule has 24 heavy (non-hydrogen) atoms. The van der Waals surface area contributed by atoms with Crippen LogP contribution < -0.4 is 5.32 Å². The van der Waals surface area contributed by atoms with Crippen molar-refractivity contribution in [2.24, 2.45) is 0 Å². The average Bonchev–Trinajstić information content (AvgIpc) is 3.10. The van der Waals surface area contributed by atoms with Crippen LogP contribution in [0.3, 0.4) is 0 Å². The van der Waals surface area contributed by atoms with Crippen LogP contribution in [0.2, 0.25) is 0 Å². The van der Waals surface area contributed by atoms with Gasteiger partial charge in [-0.1, -0.05) is 29.8 Å². The number of rotatable bonds is 6. The van der Waals surface area contributed by atoms with Crippen LogP contribution in [0.15, 0.2) is 65.5 Å². The van der Waals surface area contributed by atoms with Gasteiger partial charge < -0.3 is 9.73 Å². The van der Waals surface area contributed by atoms with Crippen LogP contribution in [-0.2, 0) is 10.5 Å². The standard InChI is InChI=1S/C19H18N2O2S/c1-14-3-2-4-15(9-14)11-24-12-19(22)21-17-7-5-16(6-8-17)18-10-20-13-23-18/h2-10,13H,11-12H2,1H3,(H,21,22). The van der Waals surface area contributed by atoms with Gasteiger partial charge in [0.1, 0.15) is 0 Å². The highest BCUT2D eigenvalue weighted by Gasteiger charge is 2.05. The number of oxazole rings is 1. The minimum Gasteiger partial charge on any atom is -0.444 e. The summed E-state index contributed by atoms with van der Waals surface area (Å²) in [5, 5.41) is 2.91. The van der Waals surface area contributed by atoms with E-state index in [0.29, 0.717) is 11.5 Å². The minimum atomic E-state index is 0.0000633. The molecular formula is C19H18N2O2S. The van der Waals surface area contributed by atoms with Gasteiger partial charge in [-0.2, -0.15) is 0 Å². The molecular weight excluding hydrogens is 320 g/mol. The van der Waals surface area contributed by atoms with Gasteiger partial charge in [0, 0.05) is 17.0 Å². The van der Waals surface area contributed by atoms with Gasteiger partial charge in [0.15, 0.2) is 12.2 Å². The van der Waals surface area contributed by atoms with Crippen molar-refractivity contribution in [1.82, 2.24) is 4.98 Å². The van der Waals surface area contributed by atoms with E-state index in [2.05, 4.69) is 35.4 Å². The van der Waals surface area contributed by atoms with Gasteiger partial charge in [-0.3, -0.25) is 4.79 Å². The van der Waals surface area contributed by atoms with Crippen LogP contribution in [0.4, 0.5) is 5.69 Å². The molecule has 0 unspecified atom stereocenters. The maximum absolute atomic E-state index is 12.0. The van der Waals surface area contributed by atoms with Crippen molar-refractivity contribution < 1.29 is 9.21 Å². The van der Waals surface area contributed by atoms with E-state index >= 15 is 0 Å². The van der Waals surface area contributed by atoms with Gasteiger partial charge in [0.25, 0.3) is 0 Å². The Kier molecular flexibility index (Phi) is 5.33. The zero-order valence-electron chi connectivity index (χ0n) is 13.4. The first-order chi connectivity index (χ1) is 11.7. The van der Waals surface area contributed by atoms with E-state index in [1.165, 1.54) is 17.5 Å². The van der Waals surface area contributed by atoms with Crippen LogP contribution in [-0.4, -0.2) is 16.6 Å². The van der Waals surface area contributed by atoms with Gasteiger partial charge in [-0.15, -0.1) is 11.8 Å². The number of aromatic nitrogens is 1. The number of anilines is 1. The predicted molar refractivity (Wildman–Crippen MR) is 97.9 cm³/mol. The molecule has 3 rings (SSSR count). The van der Waals surface area contributed by atoms with Crippen molar-refractivity contribution in [2.45, 2.75) is 12.7 Å². The lowest BCUT2D eigenvalue weighted by molar-refractivity contribution is -0.113. The SMILES string of the molecule is Cc1cccc(CSCC(=O)Nc2ccc(-c3cnco3)cc2)c1. The Labute approximate surface area is 145 Å². The van der Waals surface area contributed by atoms with E-state index in [0.717, 1.165) is 17.0 Å². The molecule has 0 fully saturated rings. The van der Waals surface area contributed by atoms with Crippen molar-refractivity contribution >= 4 is 23.4 Å². The van der Waals surface area contributed by atoms with E-state index in [9.17, 15) is 4.79 Å². The Morgan fingerprint density at radius 2 is 2.04 bits per heavy atom. The molecule has 0 radical (unpaired) electrons. The molecule has 0 spiro atoms. The summed E-state index contributed by atoms with van der Waals surface area (Å²) in [4.78, 5) is 15.9. The van der Waals surface area contributed by atoms with Gasteiger partial charge in [-0.25, -0.2) is 4.98 Å². The zero-order valence-corrected chi connectivity index (χ0v) is 14.2. The normalized spacial score (nSPS) is 10.5. The summed E-state index contributed by atoms with van der Waals surface area (Å²) in [7, 11) is 0. The maximum Gasteiger partial charge on any atom is 0.234 e. The van der Waals surface area contributed by atoms with Crippen molar-refractivity contribution in [3.05, 3.63) is 72.2 Å². The number of thioether (sulfide) groups is 1. The summed E-state index contributed by atoms with van der Waals surface area (Å²) >= 11 is 1.61. The molecule has 1 aromatic heterocycles. The molecule has 2 aromatic carbocycles. The zero-order chi connectivity index (χ0) is 16.8. The Balaban J connectivity index is 1.48. The second-order valence-electron chi connectivity index (χ2n) is 5.47. The van der Waals surface area contributed by atoms with E-state index < -0.39 is 0 Å². The largest absolute Gasteiger partial charge is 0.444 e. The number of aryl methyl sites for hydroxylation is 1. The average molecular weight is 338 g/mol. The molecule has 0 aliphatic rings. The van der Waals surface area contributed by atoms with E-state index in [1.807, 2.05) is 30.3 Å². The Bertz CT molecular complexity index is 798. The number of carbonyl (C=O) groups excluding carboxylic acids is 1. The van der Waals surface area contributed by atoms with Crippen molar-refractivity contribution in [1.29, 1.82) is 0 Å². The van der Waals surface area contributed by atoms with E-state index in [1.54, 1.807) is 18.0 Å². The Morgan fingerprint density at radius 1 is 1.21 bits per heavy atom. The predicted octanol–water partition coefficient (Wildman–Crippen LogP) is 4.52. The van der Waals surface area contributed by atoms with Crippen molar-refractivity contribution in [2.75, 3.05) is 11.1 Å². The summed E-state index contributed by atoms with van der Waals surface area (Å²) < 4.78 is 5.24. The molecule has 0 aliphatic heterocycles. The highest BCUT2D eigenvalue weighted by Crippen LogP contribution is 2.21. The second-order valence-corrected chi connectivity index (χ2v) is 6.46. The third kappa shape index (κ3) is 4.49. The fourth-order valence-corrected chi connectivity index (χ4v) is 3.11. The third-order valence-electron chi connectivity index (χ3n) is 3.47. The molecule has 1 heterocycles. The monoisotopic (exact) mass is 338 g/mol. The Morgan fingerprint density at radius 3 is 2.75 bits per heavy atom. The summed E-state index contributed by atoms with van der Waals surface area (Å²) in [6, 6.07) is 15.9. The highest BCUT2D eigenvalue weighted by molar-refractivity contribution is 7.99. The molecule has 0 aliphatic carbocycles. The summed E-state index contributed by atoms with van der Waals surface area (Å²) in [6.45, 7) is 2.07. The minimum absolute atomic E-state index is 0.0000633. The number of amides is 1. The first kappa shape index (κ1) is 16.3. The van der Waals surface area contributed by atoms with Gasteiger partial charge in [-0.05, 0) is 36.8 Å². The maximum atomic E-state index is 12.0. The number of nitrogens with zero attached hydrogens (tertiary/aromatic N) is 1. The summed E-state index contributed by atoms with van der Waals surface area (Å²) in [5.41, 5.74) is 4.19. The quantitative estimate of drug-likeness (QED) is 0.718. The van der Waals surface area contributed by atoms with Crippen LogP contribution in [0, 0.1) is 6.92 Å². The molecule has 4 nitrogen and oxygen atoms in total. The molecule has 0 saturated carbocycles. The molecule has 122 valence electrons. The van der Waals surface area contributed by atoms with Crippen LogP contribution in [0.25, 0.3) is 11.3 Å². The number of carbonyl (C=O) groups is 1. The summed E-state index contributed by atoms with van der Waals surface area (Å²) in [6.07, 6.45) is 3.06. The van der Waals surface area contributed by atoms with Gasteiger partial charge in [0.05, 0.1) is 11.9 Å². The number of hydrogen-bond donors (Lipinski definition) is 1. The number of nitrogens with one attached hydrogen (secondary N) is 1. The van der Waals surface area contributed by atoms with E-state index in [-0.39, 0.29) is 5.91 Å². The molecule has 0 atom stereocenters. The topological polar surface area (TPSA) is 55.1 Å². The lowest BCUT2D eigenvalue weighted by Gasteiger charge is -2.06. The van der Waals surface area contributed by atoms with Crippen LogP contribution in [0.5, 0.6) is 0 Å². The lowest BCUT2D eigenvalue weighted by Crippen LogP contribution is -2.14. The second kappa shape index (κ2) is 7.84. The fourth-order valence-electron chi connectivity index (χ4n) is 2.34. The highest BCUT2D eigenvalue weighted by atomic mass is 32.2. The first-order valence-electron chi connectivity index (χ1n) is 7.63. The summed E-state index contributed by atoms with van der Waals surface area (Å²) in [5.74, 6) is 1.97. The molecule has 0 bridgehead atoms. The molecule has 0 saturated heterocycles.